The van der Waals surface area contributed by atoms with Crippen molar-refractivity contribution >= 4 is 17.6 Å². The zero-order valence-corrected chi connectivity index (χ0v) is 10.4. The lowest BCUT2D eigenvalue weighted by Crippen LogP contribution is -2.35. The molecule has 0 bridgehead atoms. The average molecular weight is 254 g/mol. The third-order valence-electron chi connectivity index (χ3n) is 2.96. The van der Waals surface area contributed by atoms with Crippen LogP contribution in [0.5, 0.6) is 0 Å². The summed E-state index contributed by atoms with van der Waals surface area (Å²) < 4.78 is 5.28. The summed E-state index contributed by atoms with van der Waals surface area (Å²) in [4.78, 5) is 11.8. The molecule has 0 unspecified atom stereocenters. The molecule has 1 saturated heterocycles. The molecule has 4 heteroatoms. The molecule has 1 heterocycles. The van der Waals surface area contributed by atoms with E-state index in [4.69, 9.17) is 16.3 Å². The van der Waals surface area contributed by atoms with Crippen molar-refractivity contribution in [3.63, 3.8) is 0 Å². The third kappa shape index (κ3) is 3.45. The van der Waals surface area contributed by atoms with Gasteiger partial charge >= 0.3 is 5.97 Å². The van der Waals surface area contributed by atoms with Gasteiger partial charge in [0, 0.05) is 17.1 Å². The smallest absolute Gasteiger partial charge is 0.310 e. The van der Waals surface area contributed by atoms with Crippen LogP contribution in [0, 0.1) is 5.92 Å². The van der Waals surface area contributed by atoms with E-state index in [-0.39, 0.29) is 18.5 Å². The van der Waals surface area contributed by atoms with Crippen molar-refractivity contribution in [3.05, 3.63) is 34.9 Å². The Bertz CT molecular complexity index is 389. The SMILES string of the molecule is O=C(OCc1ccccc1Cl)[C@H]1CCCNC1. The summed E-state index contributed by atoms with van der Waals surface area (Å²) in [7, 11) is 0. The number of carbonyl (C=O) groups excluding carboxylic acids is 1. The highest BCUT2D eigenvalue weighted by Gasteiger charge is 2.22. The van der Waals surface area contributed by atoms with E-state index in [1.54, 1.807) is 6.07 Å². The van der Waals surface area contributed by atoms with Crippen LogP contribution in [0.1, 0.15) is 18.4 Å². The van der Waals surface area contributed by atoms with E-state index < -0.39 is 0 Å². The number of ether oxygens (including phenoxy) is 1. The molecule has 92 valence electrons. The molecule has 1 aromatic carbocycles. The second-order valence-corrected chi connectivity index (χ2v) is 4.65. The minimum Gasteiger partial charge on any atom is -0.461 e. The van der Waals surface area contributed by atoms with E-state index in [1.807, 2.05) is 18.2 Å². The number of halogens is 1. The van der Waals surface area contributed by atoms with Gasteiger partial charge in [-0.3, -0.25) is 4.79 Å². The quantitative estimate of drug-likeness (QED) is 0.841. The Hall–Kier alpha value is -1.06. The normalized spacial score (nSPS) is 19.9. The van der Waals surface area contributed by atoms with Gasteiger partial charge in [0.25, 0.3) is 0 Å². The molecule has 17 heavy (non-hydrogen) atoms. The molecule has 0 aromatic heterocycles. The van der Waals surface area contributed by atoms with E-state index >= 15 is 0 Å². The van der Waals surface area contributed by atoms with Crippen LogP contribution in [0.4, 0.5) is 0 Å². The van der Waals surface area contributed by atoms with Crippen molar-refractivity contribution in [3.8, 4) is 0 Å². The molecular weight excluding hydrogens is 238 g/mol. The van der Waals surface area contributed by atoms with Gasteiger partial charge in [0.2, 0.25) is 0 Å². The zero-order valence-electron chi connectivity index (χ0n) is 9.62. The summed E-state index contributed by atoms with van der Waals surface area (Å²) in [6, 6.07) is 7.41. The molecule has 1 aliphatic rings. The first-order valence-electron chi connectivity index (χ1n) is 5.88. The predicted molar refractivity (Wildman–Crippen MR) is 66.8 cm³/mol. The van der Waals surface area contributed by atoms with Crippen LogP contribution >= 0.6 is 11.6 Å². The van der Waals surface area contributed by atoms with Gasteiger partial charge in [-0.25, -0.2) is 0 Å². The van der Waals surface area contributed by atoms with Crippen molar-refractivity contribution in [2.45, 2.75) is 19.4 Å². The highest BCUT2D eigenvalue weighted by atomic mass is 35.5. The van der Waals surface area contributed by atoms with Crippen molar-refractivity contribution in [2.75, 3.05) is 13.1 Å². The highest BCUT2D eigenvalue weighted by molar-refractivity contribution is 6.31. The molecule has 0 aliphatic carbocycles. The molecular formula is C13H16ClNO2. The maximum atomic E-state index is 11.8. The molecule has 1 fully saturated rings. The Morgan fingerprint density at radius 1 is 1.47 bits per heavy atom. The number of hydrogen-bond acceptors (Lipinski definition) is 3. The van der Waals surface area contributed by atoms with Crippen LogP contribution < -0.4 is 5.32 Å². The molecule has 1 aromatic rings. The summed E-state index contributed by atoms with van der Waals surface area (Å²) in [6.07, 6.45) is 1.94. The van der Waals surface area contributed by atoms with E-state index in [2.05, 4.69) is 5.32 Å². The van der Waals surface area contributed by atoms with Crippen LogP contribution in [0.15, 0.2) is 24.3 Å². The molecule has 1 N–H and O–H groups in total. The van der Waals surface area contributed by atoms with Gasteiger partial charge in [0.1, 0.15) is 6.61 Å². The Kier molecular flexibility index (Phi) is 4.40. The van der Waals surface area contributed by atoms with Gasteiger partial charge in [-0.15, -0.1) is 0 Å². The fourth-order valence-corrected chi connectivity index (χ4v) is 2.13. The van der Waals surface area contributed by atoms with Crippen LogP contribution in [0.25, 0.3) is 0 Å². The van der Waals surface area contributed by atoms with Crippen molar-refractivity contribution in [1.29, 1.82) is 0 Å². The topological polar surface area (TPSA) is 38.3 Å². The molecule has 0 amide bonds. The molecule has 0 saturated carbocycles. The minimum atomic E-state index is -0.128. The van der Waals surface area contributed by atoms with Crippen LogP contribution in [-0.4, -0.2) is 19.1 Å². The number of benzene rings is 1. The standard InChI is InChI=1S/C13H16ClNO2/c14-12-6-2-1-4-11(12)9-17-13(16)10-5-3-7-15-8-10/h1-2,4,6,10,15H,3,5,7-9H2/t10-/m0/s1. The molecule has 1 aliphatic heterocycles. The van der Waals surface area contributed by atoms with Gasteiger partial charge in [-0.05, 0) is 25.5 Å². The lowest BCUT2D eigenvalue weighted by Gasteiger charge is -2.21. The van der Waals surface area contributed by atoms with E-state index in [0.29, 0.717) is 5.02 Å². The zero-order chi connectivity index (χ0) is 12.1. The Morgan fingerprint density at radius 3 is 3.00 bits per heavy atom. The largest absolute Gasteiger partial charge is 0.461 e. The van der Waals surface area contributed by atoms with E-state index in [1.165, 1.54) is 0 Å². The molecule has 3 nitrogen and oxygen atoms in total. The van der Waals surface area contributed by atoms with Crippen LogP contribution in [0.3, 0.4) is 0 Å². The van der Waals surface area contributed by atoms with Gasteiger partial charge in [0.05, 0.1) is 5.92 Å². The Labute approximate surface area is 106 Å². The maximum Gasteiger partial charge on any atom is 0.310 e. The number of nitrogens with one attached hydrogen (secondary N) is 1. The number of piperidine rings is 1. The summed E-state index contributed by atoms with van der Waals surface area (Å²) in [5.41, 5.74) is 0.853. The van der Waals surface area contributed by atoms with Gasteiger partial charge in [0.15, 0.2) is 0 Å². The first-order chi connectivity index (χ1) is 8.27. The van der Waals surface area contributed by atoms with E-state index in [9.17, 15) is 4.79 Å². The number of rotatable bonds is 3. The summed E-state index contributed by atoms with van der Waals surface area (Å²) in [6.45, 7) is 1.98. The fourth-order valence-electron chi connectivity index (χ4n) is 1.94. The molecule has 0 radical (unpaired) electrons. The Balaban J connectivity index is 1.85. The second kappa shape index (κ2) is 6.03. The van der Waals surface area contributed by atoms with Gasteiger partial charge < -0.3 is 10.1 Å². The van der Waals surface area contributed by atoms with Gasteiger partial charge in [-0.2, -0.15) is 0 Å². The average Bonchev–Trinajstić information content (AvgIpc) is 2.38. The maximum absolute atomic E-state index is 11.8. The first-order valence-corrected chi connectivity index (χ1v) is 6.26. The first kappa shape index (κ1) is 12.4. The lowest BCUT2D eigenvalue weighted by molar-refractivity contribution is -0.150. The number of carbonyl (C=O) groups is 1. The number of esters is 1. The van der Waals surface area contributed by atoms with Gasteiger partial charge in [-0.1, -0.05) is 29.8 Å². The highest BCUT2D eigenvalue weighted by Crippen LogP contribution is 2.17. The van der Waals surface area contributed by atoms with Crippen molar-refractivity contribution in [2.24, 2.45) is 5.92 Å². The molecule has 2 rings (SSSR count). The molecule has 0 spiro atoms. The summed E-state index contributed by atoms with van der Waals surface area (Å²) in [5, 5.41) is 3.84. The third-order valence-corrected chi connectivity index (χ3v) is 3.33. The monoisotopic (exact) mass is 253 g/mol. The van der Waals surface area contributed by atoms with Crippen molar-refractivity contribution < 1.29 is 9.53 Å². The fraction of sp³-hybridized carbons (Fsp3) is 0.462. The molecule has 1 atom stereocenters. The van der Waals surface area contributed by atoms with Crippen LogP contribution in [-0.2, 0) is 16.1 Å². The number of hydrogen-bond donors (Lipinski definition) is 1. The minimum absolute atomic E-state index is 0.00811. The van der Waals surface area contributed by atoms with Crippen LogP contribution in [0.2, 0.25) is 5.02 Å². The second-order valence-electron chi connectivity index (χ2n) is 4.24. The lowest BCUT2D eigenvalue weighted by atomic mass is 10.0. The Morgan fingerprint density at radius 2 is 2.29 bits per heavy atom. The van der Waals surface area contributed by atoms with E-state index in [0.717, 1.165) is 31.5 Å². The summed E-state index contributed by atoms with van der Waals surface area (Å²) in [5.74, 6) is -0.136. The summed E-state index contributed by atoms with van der Waals surface area (Å²) >= 11 is 5.99. The van der Waals surface area contributed by atoms with Crippen molar-refractivity contribution in [1.82, 2.24) is 5.32 Å². The predicted octanol–water partition coefficient (Wildman–Crippen LogP) is 2.38.